The molecule has 0 spiro atoms. The number of carbonyl (C=O) groups excluding carboxylic acids is 4. The fraction of sp³-hybridized carbons (Fsp3) is 0.692. The van der Waals surface area contributed by atoms with Crippen LogP contribution in [0.5, 0.6) is 0 Å². The van der Waals surface area contributed by atoms with Crippen LogP contribution in [0.1, 0.15) is 85.0 Å². The van der Waals surface area contributed by atoms with E-state index in [9.17, 15) is 29.4 Å². The van der Waals surface area contributed by atoms with E-state index < -0.39 is 83.3 Å². The highest BCUT2D eigenvalue weighted by atomic mass is 16.7. The van der Waals surface area contributed by atoms with Gasteiger partial charge in [0.1, 0.15) is 23.4 Å². The minimum Gasteiger partial charge on any atom is -0.459 e. The number of benzene rings is 1. The van der Waals surface area contributed by atoms with Crippen LogP contribution in [-0.2, 0) is 38.1 Å². The van der Waals surface area contributed by atoms with Crippen LogP contribution < -0.4 is 0 Å². The molecule has 0 aromatic heterocycles. The molecule has 2 heterocycles. The first-order valence-corrected chi connectivity index (χ1v) is 18.0. The number of Topliss-reactive ketones (excluding diaryl/α,β-unsaturated/α-hetero) is 2. The van der Waals surface area contributed by atoms with Crippen LogP contribution in [0.3, 0.4) is 0 Å². The Balaban J connectivity index is 2.17. The van der Waals surface area contributed by atoms with Crippen LogP contribution in [0.15, 0.2) is 43.0 Å². The fourth-order valence-electron chi connectivity index (χ4n) is 7.50. The number of aliphatic hydroxyl groups excluding tert-OH is 1. The number of hydrogen-bond acceptors (Lipinski definition) is 12. The summed E-state index contributed by atoms with van der Waals surface area (Å²) in [5, 5.41) is 22.7. The zero-order valence-electron chi connectivity index (χ0n) is 31.9. The molecular formula is C39H59NO11. The van der Waals surface area contributed by atoms with Gasteiger partial charge in [-0.05, 0) is 73.2 Å². The summed E-state index contributed by atoms with van der Waals surface area (Å²) >= 11 is 0. The molecule has 51 heavy (non-hydrogen) atoms. The molecule has 2 saturated heterocycles. The minimum absolute atomic E-state index is 0.0189. The molecule has 2 aliphatic heterocycles. The molecule has 0 amide bonds. The number of cyclic esters (lactones) is 1. The Hall–Kier alpha value is -3.00. The predicted molar refractivity (Wildman–Crippen MR) is 190 cm³/mol. The van der Waals surface area contributed by atoms with E-state index in [1.165, 1.54) is 26.8 Å². The van der Waals surface area contributed by atoms with E-state index in [1.807, 2.05) is 25.9 Å². The molecular weight excluding hydrogens is 658 g/mol. The van der Waals surface area contributed by atoms with E-state index in [0.717, 1.165) is 0 Å². The fourth-order valence-corrected chi connectivity index (χ4v) is 7.50. The maximum Gasteiger partial charge on any atom is 0.338 e. The highest BCUT2D eigenvalue weighted by Crippen LogP contribution is 2.39. The molecule has 0 aliphatic carbocycles. The van der Waals surface area contributed by atoms with Gasteiger partial charge in [0.25, 0.3) is 0 Å². The Morgan fingerprint density at radius 1 is 1.04 bits per heavy atom. The second-order valence-electron chi connectivity index (χ2n) is 15.0. The molecule has 12 nitrogen and oxygen atoms in total. The lowest BCUT2D eigenvalue weighted by atomic mass is 9.74. The van der Waals surface area contributed by atoms with E-state index in [2.05, 4.69) is 6.58 Å². The molecule has 3 rings (SSSR count). The Bertz CT molecular complexity index is 1370. The molecule has 0 bridgehead atoms. The second kappa shape index (κ2) is 17.7. The van der Waals surface area contributed by atoms with Gasteiger partial charge in [0.05, 0.1) is 42.1 Å². The zero-order valence-corrected chi connectivity index (χ0v) is 31.9. The first kappa shape index (κ1) is 42.4. The van der Waals surface area contributed by atoms with Crippen molar-refractivity contribution in [2.75, 3.05) is 20.7 Å². The summed E-state index contributed by atoms with van der Waals surface area (Å²) in [5.41, 5.74) is -3.04. The highest BCUT2D eigenvalue weighted by molar-refractivity contribution is 6.00. The number of rotatable bonds is 9. The Labute approximate surface area is 302 Å². The number of hydrogen-bond donors (Lipinski definition) is 2. The number of esters is 2. The summed E-state index contributed by atoms with van der Waals surface area (Å²) in [6.45, 7) is 16.7. The summed E-state index contributed by atoms with van der Waals surface area (Å²) in [6, 6.07) is 8.21. The van der Waals surface area contributed by atoms with Gasteiger partial charge in [0.15, 0.2) is 18.2 Å². The van der Waals surface area contributed by atoms with Crippen molar-refractivity contribution >= 4 is 23.5 Å². The van der Waals surface area contributed by atoms with Crippen molar-refractivity contribution in [3.05, 3.63) is 48.6 Å². The smallest absolute Gasteiger partial charge is 0.338 e. The molecule has 2 fully saturated rings. The zero-order chi connectivity index (χ0) is 38.4. The number of ether oxygens (including phenoxy) is 5. The molecule has 1 aromatic carbocycles. The van der Waals surface area contributed by atoms with Gasteiger partial charge in [-0.15, -0.1) is 6.58 Å². The third-order valence-electron chi connectivity index (χ3n) is 10.6. The Morgan fingerprint density at radius 2 is 1.67 bits per heavy atom. The lowest BCUT2D eigenvalue weighted by Gasteiger charge is -2.48. The molecule has 13 atom stereocenters. The van der Waals surface area contributed by atoms with Crippen LogP contribution >= 0.6 is 0 Å². The molecule has 2 aliphatic rings. The number of carbonyl (C=O) groups is 4. The van der Waals surface area contributed by atoms with Crippen LogP contribution in [0, 0.1) is 23.7 Å². The lowest BCUT2D eigenvalue weighted by Crippen LogP contribution is -2.60. The van der Waals surface area contributed by atoms with Crippen molar-refractivity contribution in [2.45, 2.75) is 129 Å². The SMILES string of the molecule is C=CCO[C@]1(C)C[C@@H](C)C(=O)[C@H](C)[C@@H](O)[C@](C)(O)C(CC)OC(=O)[C@H](C)C(=O)[C@H](C)[C@H]1O[C@@H]1O[C@H](C)C[C@H](N(C)C)[C@H]1OC(=O)c1ccccc1. The van der Waals surface area contributed by atoms with Crippen molar-refractivity contribution in [3.63, 3.8) is 0 Å². The number of ketones is 2. The van der Waals surface area contributed by atoms with Gasteiger partial charge < -0.3 is 38.8 Å². The molecule has 1 unspecified atom stereocenters. The van der Waals surface area contributed by atoms with Crippen LogP contribution in [0.25, 0.3) is 0 Å². The van der Waals surface area contributed by atoms with Crippen molar-refractivity contribution in [2.24, 2.45) is 23.7 Å². The van der Waals surface area contributed by atoms with Crippen LogP contribution in [-0.4, -0.2) is 113 Å². The Morgan fingerprint density at radius 3 is 2.24 bits per heavy atom. The van der Waals surface area contributed by atoms with Gasteiger partial charge in [-0.3, -0.25) is 14.4 Å². The standard InChI is InChI=1S/C39H59NO11/c1-12-19-47-38(8)21-22(3)30(41)24(5)33(43)39(9,46)29(13-2)49-35(44)26(7)31(42)25(6)34(38)51-37-32(28(40(10)11)20-23(4)48-37)50-36(45)27-17-15-14-16-18-27/h12,14-18,22-26,28-29,32-34,37,43,46H,1,13,19-21H2,2-11H3/t22-,23-,24+,25+,26-,28+,29?,32-,33-,34-,37+,38-,39-/m1/s1. The van der Waals surface area contributed by atoms with Crippen molar-refractivity contribution in [1.29, 1.82) is 0 Å². The van der Waals surface area contributed by atoms with E-state index in [4.69, 9.17) is 23.7 Å². The van der Waals surface area contributed by atoms with E-state index >= 15 is 0 Å². The van der Waals surface area contributed by atoms with Gasteiger partial charge in [0, 0.05) is 17.8 Å². The van der Waals surface area contributed by atoms with Crippen molar-refractivity contribution in [1.82, 2.24) is 4.90 Å². The van der Waals surface area contributed by atoms with Crippen LogP contribution in [0.2, 0.25) is 0 Å². The molecule has 0 saturated carbocycles. The number of nitrogens with zero attached hydrogens (tertiary/aromatic N) is 1. The van der Waals surface area contributed by atoms with E-state index in [1.54, 1.807) is 58.0 Å². The largest absolute Gasteiger partial charge is 0.459 e. The van der Waals surface area contributed by atoms with Gasteiger partial charge in [0.2, 0.25) is 0 Å². The molecule has 286 valence electrons. The predicted octanol–water partition coefficient (Wildman–Crippen LogP) is 4.14. The van der Waals surface area contributed by atoms with Crippen LogP contribution in [0.4, 0.5) is 0 Å². The summed E-state index contributed by atoms with van der Waals surface area (Å²) in [4.78, 5) is 57.1. The first-order valence-electron chi connectivity index (χ1n) is 18.0. The molecule has 1 aromatic rings. The van der Waals surface area contributed by atoms with Gasteiger partial charge in [-0.25, -0.2) is 4.79 Å². The summed E-state index contributed by atoms with van der Waals surface area (Å²) in [7, 11) is 3.73. The van der Waals surface area contributed by atoms with E-state index in [-0.39, 0.29) is 37.4 Å². The number of aliphatic hydroxyl groups is 2. The monoisotopic (exact) mass is 717 g/mol. The van der Waals surface area contributed by atoms with Gasteiger partial charge in [-0.1, -0.05) is 52.0 Å². The Kier molecular flexibility index (Phi) is 14.7. The van der Waals surface area contributed by atoms with Crippen molar-refractivity contribution in [3.8, 4) is 0 Å². The third-order valence-corrected chi connectivity index (χ3v) is 10.6. The van der Waals surface area contributed by atoms with Crippen molar-refractivity contribution < 1.29 is 53.1 Å². The van der Waals surface area contributed by atoms with Gasteiger partial charge in [-0.2, -0.15) is 0 Å². The first-order chi connectivity index (χ1) is 23.8. The summed E-state index contributed by atoms with van der Waals surface area (Å²) in [5.74, 6) is -6.55. The topological polar surface area (TPSA) is 158 Å². The normalized spacial score (nSPS) is 38.8. The highest BCUT2D eigenvalue weighted by Gasteiger charge is 2.52. The molecule has 2 N–H and O–H groups in total. The molecule has 0 radical (unpaired) electrons. The maximum atomic E-state index is 14.3. The van der Waals surface area contributed by atoms with E-state index in [0.29, 0.717) is 12.0 Å². The number of likely N-dealkylation sites (N-methyl/N-ethyl adjacent to an activating group) is 1. The third kappa shape index (κ3) is 9.71. The average molecular weight is 718 g/mol. The lowest BCUT2D eigenvalue weighted by molar-refractivity contribution is -0.296. The summed E-state index contributed by atoms with van der Waals surface area (Å²) in [6.07, 6.45) is -4.24. The maximum absolute atomic E-state index is 14.3. The molecule has 12 heteroatoms. The average Bonchev–Trinajstić information content (AvgIpc) is 3.10. The minimum atomic E-state index is -1.99. The quantitative estimate of drug-likeness (QED) is 0.214. The summed E-state index contributed by atoms with van der Waals surface area (Å²) < 4.78 is 31.4. The van der Waals surface area contributed by atoms with Gasteiger partial charge >= 0.3 is 11.9 Å². The second-order valence-corrected chi connectivity index (χ2v) is 15.0.